The Morgan fingerprint density at radius 1 is 1.33 bits per heavy atom. The van der Waals surface area contributed by atoms with Gasteiger partial charge < -0.3 is 0 Å². The van der Waals surface area contributed by atoms with Crippen LogP contribution in [0.15, 0.2) is 20.9 Å². The Morgan fingerprint density at radius 2 is 1.87 bits per heavy atom. The Kier molecular flexibility index (Phi) is 7.01. The summed E-state index contributed by atoms with van der Waals surface area (Å²) in [6.07, 6.45) is 5.89. The van der Waals surface area contributed by atoms with E-state index in [4.69, 9.17) is 8.25 Å². The van der Waals surface area contributed by atoms with Gasteiger partial charge in [0.05, 0.1) is 0 Å². The predicted molar refractivity (Wildman–Crippen MR) is 70.5 cm³/mol. The van der Waals surface area contributed by atoms with E-state index in [9.17, 15) is 0 Å². The summed E-state index contributed by atoms with van der Waals surface area (Å²) in [7, 11) is 4.99. The molecule has 0 aromatic rings. The second-order valence-electron chi connectivity index (χ2n) is 6.09. The quantitative estimate of drug-likeness (QED) is 0.539. The van der Waals surface area contributed by atoms with Crippen molar-refractivity contribution in [2.45, 2.75) is 46.8 Å². The molecule has 0 saturated carbocycles. The first-order valence-corrected chi connectivity index (χ1v) is 18.7. The first kappa shape index (κ1) is 15.9. The first-order chi connectivity index (χ1) is 6.66. The molecule has 0 fully saturated rings. The molecule has 0 unspecified atom stereocenters. The third kappa shape index (κ3) is 9.83. The number of rotatable bonds is 5. The van der Waals surface area contributed by atoms with Crippen LogP contribution >= 0.6 is 8.25 Å². The normalized spacial score (nSPS) is 14.5. The molecule has 15 heavy (non-hydrogen) atoms. The van der Waals surface area contributed by atoms with E-state index in [1.165, 1.54) is 3.08 Å². The molecule has 0 radical (unpaired) electrons. The van der Waals surface area contributed by atoms with E-state index in [0.29, 0.717) is 0 Å². The van der Waals surface area contributed by atoms with Crippen LogP contribution in [0.4, 0.5) is 0 Å². The average Bonchev–Trinajstić information content (AvgIpc) is 2.00. The van der Waals surface area contributed by atoms with Gasteiger partial charge in [-0.25, -0.2) is 0 Å². The van der Waals surface area contributed by atoms with Gasteiger partial charge in [-0.3, -0.25) is 0 Å². The average molecular weight is 431 g/mol. The third-order valence-electron chi connectivity index (χ3n) is 2.11. The summed E-state index contributed by atoms with van der Waals surface area (Å²) in [5, 5.41) is 0. The van der Waals surface area contributed by atoms with Crippen LogP contribution in [0, 0.1) is 5.41 Å². The monoisotopic (exact) mass is 432 g/mol. The van der Waals surface area contributed by atoms with Crippen molar-refractivity contribution in [3.63, 3.8) is 0 Å². The maximum atomic E-state index is 6.01. The van der Waals surface area contributed by atoms with Gasteiger partial charge in [-0.05, 0) is 0 Å². The van der Waals surface area contributed by atoms with Crippen LogP contribution in [-0.2, 0) is 23.3 Å². The number of allylic oxidation sites excluding steroid dienone is 3. The molecule has 0 aliphatic carbocycles. The van der Waals surface area contributed by atoms with Gasteiger partial charge >= 0.3 is 113 Å². The molecule has 0 aromatic heterocycles. The van der Waals surface area contributed by atoms with Gasteiger partial charge in [-0.15, -0.1) is 0 Å². The van der Waals surface area contributed by atoms with E-state index in [-0.39, 0.29) is 5.41 Å². The van der Waals surface area contributed by atoms with Crippen LogP contribution in [0.1, 0.15) is 27.2 Å². The fraction of sp³-hybridized carbons (Fsp3) is 0.667. The van der Waals surface area contributed by atoms with E-state index in [0.717, 1.165) is 6.42 Å². The van der Waals surface area contributed by atoms with Crippen molar-refractivity contribution in [1.29, 1.82) is 0 Å². The fourth-order valence-electron chi connectivity index (χ4n) is 1.48. The molecule has 0 bridgehead atoms. The third-order valence-corrected chi connectivity index (χ3v) is 9.48. The topological polar surface area (TPSA) is 0 Å². The van der Waals surface area contributed by atoms with Gasteiger partial charge in [0.1, 0.15) is 0 Å². The van der Waals surface area contributed by atoms with Gasteiger partial charge in [0.25, 0.3) is 0 Å². The van der Waals surface area contributed by atoms with Crippen molar-refractivity contribution in [1.82, 2.24) is 0 Å². The zero-order chi connectivity index (χ0) is 12.1. The SMILES string of the molecule is C/[C](=C\C(C)(C)C/C=C\[Si](C)(C)C)[Hg][Cl]. The molecule has 0 rings (SSSR count). The zero-order valence-electron chi connectivity index (χ0n) is 11.0. The predicted octanol–water partition coefficient (Wildman–Crippen LogP) is 4.98. The van der Waals surface area contributed by atoms with E-state index < -0.39 is 31.4 Å². The van der Waals surface area contributed by atoms with Crippen LogP contribution < -0.4 is 0 Å². The van der Waals surface area contributed by atoms with Crippen molar-refractivity contribution < 1.29 is 23.3 Å². The molecule has 0 aromatic carbocycles. The molecule has 0 saturated heterocycles. The summed E-state index contributed by atoms with van der Waals surface area (Å²) in [6.45, 7) is 13.9. The Labute approximate surface area is 112 Å². The summed E-state index contributed by atoms with van der Waals surface area (Å²) >= 11 is -1.14. The minimum absolute atomic E-state index is 0.287. The van der Waals surface area contributed by atoms with Crippen LogP contribution in [0.25, 0.3) is 0 Å². The summed E-state index contributed by atoms with van der Waals surface area (Å²) < 4.78 is 1.49. The summed E-state index contributed by atoms with van der Waals surface area (Å²) in [5.41, 5.74) is 2.72. The molecule has 3 heteroatoms. The molecule has 0 amide bonds. The minimum atomic E-state index is -1.14. The van der Waals surface area contributed by atoms with Crippen molar-refractivity contribution in [2.75, 3.05) is 0 Å². The Bertz CT molecular complexity index is 249. The molecule has 0 N–H and O–H groups in total. The van der Waals surface area contributed by atoms with Crippen molar-refractivity contribution in [3.8, 4) is 0 Å². The standard InChI is InChI=1S/C12H23Si.ClH.Hg/c1-7-9-12(2,3)10-8-11-13(4,5)6;;/h8-9,11H,10H2,1-6H3;1H;/q;;+1/p-1/b9-7?,11-8-;;. The molecule has 0 atom stereocenters. The number of halogens is 1. The van der Waals surface area contributed by atoms with Gasteiger partial charge in [0, 0.05) is 0 Å². The van der Waals surface area contributed by atoms with Crippen molar-refractivity contribution in [3.05, 3.63) is 20.9 Å². The van der Waals surface area contributed by atoms with Gasteiger partial charge in [0.2, 0.25) is 0 Å². The Balaban J connectivity index is 4.34. The molecular weight excluding hydrogens is 408 g/mol. The van der Waals surface area contributed by atoms with Gasteiger partial charge in [-0.2, -0.15) is 0 Å². The van der Waals surface area contributed by atoms with Crippen molar-refractivity contribution in [2.24, 2.45) is 5.41 Å². The summed E-state index contributed by atoms with van der Waals surface area (Å²) in [5.74, 6) is 0. The fourth-order valence-corrected chi connectivity index (χ4v) is 5.43. The van der Waals surface area contributed by atoms with Crippen LogP contribution in [0.2, 0.25) is 19.6 Å². The van der Waals surface area contributed by atoms with E-state index in [2.05, 4.69) is 58.3 Å². The summed E-state index contributed by atoms with van der Waals surface area (Å²) in [6, 6.07) is 0. The molecule has 0 nitrogen and oxygen atoms in total. The number of hydrogen-bond donors (Lipinski definition) is 0. The van der Waals surface area contributed by atoms with E-state index >= 15 is 0 Å². The van der Waals surface area contributed by atoms with Crippen molar-refractivity contribution >= 4 is 16.3 Å². The first-order valence-electron chi connectivity index (χ1n) is 5.58. The molecule has 0 aliphatic rings. The zero-order valence-corrected chi connectivity index (χ0v) is 18.3. The van der Waals surface area contributed by atoms with Crippen LogP contribution in [0.3, 0.4) is 0 Å². The Morgan fingerprint density at radius 3 is 2.27 bits per heavy atom. The molecule has 0 aliphatic heterocycles. The van der Waals surface area contributed by atoms with Gasteiger partial charge in [-0.1, -0.05) is 0 Å². The Hall–Kier alpha value is 0.922. The molecule has 0 spiro atoms. The summed E-state index contributed by atoms with van der Waals surface area (Å²) in [4.78, 5) is 0. The van der Waals surface area contributed by atoms with Crippen LogP contribution in [0.5, 0.6) is 0 Å². The van der Waals surface area contributed by atoms with Crippen LogP contribution in [-0.4, -0.2) is 8.07 Å². The second kappa shape index (κ2) is 6.61. The van der Waals surface area contributed by atoms with E-state index in [1.807, 2.05) is 0 Å². The van der Waals surface area contributed by atoms with Gasteiger partial charge in [0.15, 0.2) is 0 Å². The molecule has 0 heterocycles. The number of hydrogen-bond acceptors (Lipinski definition) is 0. The molecule has 84 valence electrons. The second-order valence-corrected chi connectivity index (χ2v) is 18.9. The molecular formula is C12H23ClHgSi. The van der Waals surface area contributed by atoms with E-state index in [1.54, 1.807) is 0 Å². The maximum absolute atomic E-state index is 6.01.